The molecule has 21 heavy (non-hydrogen) atoms. The van der Waals surface area contributed by atoms with Crippen molar-refractivity contribution in [2.75, 3.05) is 18.2 Å². The quantitative estimate of drug-likeness (QED) is 0.760. The van der Waals surface area contributed by atoms with Crippen molar-refractivity contribution >= 4 is 23.9 Å². The Bertz CT molecular complexity index is 581. The number of aromatic nitrogens is 3. The van der Waals surface area contributed by atoms with Crippen molar-refractivity contribution < 1.29 is 4.18 Å². The first-order chi connectivity index (χ1) is 10.2. The average Bonchev–Trinajstić information content (AvgIpc) is 2.47. The van der Waals surface area contributed by atoms with Gasteiger partial charge in [0.2, 0.25) is 11.9 Å². The highest BCUT2D eigenvalue weighted by molar-refractivity contribution is 7.94. The van der Waals surface area contributed by atoms with Crippen LogP contribution in [0.5, 0.6) is 0 Å². The van der Waals surface area contributed by atoms with Crippen LogP contribution in [0.3, 0.4) is 0 Å². The van der Waals surface area contributed by atoms with Crippen molar-refractivity contribution in [2.45, 2.75) is 30.7 Å². The number of anilines is 2. The van der Waals surface area contributed by atoms with Crippen LogP contribution in [0.4, 0.5) is 11.9 Å². The van der Waals surface area contributed by atoms with Gasteiger partial charge in [0.25, 0.3) is 0 Å². The first kappa shape index (κ1) is 15.5. The Kier molecular flexibility index (Phi) is 5.77. The topological polar surface area (TPSA) is 86.0 Å². The van der Waals surface area contributed by atoms with Gasteiger partial charge in [-0.2, -0.15) is 4.98 Å². The molecule has 6 nitrogen and oxygen atoms in total. The summed E-state index contributed by atoms with van der Waals surface area (Å²) >= 11 is 1.39. The molecule has 0 aliphatic rings. The standard InChI is InChI=1S/C14H19N5OS/c1-10(18-14-17-9-16-13(15)19-14)7-8-11-5-3-4-6-12(11)21-20-2/h3-6,9-10H,7-8H2,1-2H3,(H3,15,16,17,18,19). The molecule has 112 valence electrons. The van der Waals surface area contributed by atoms with E-state index in [0.29, 0.717) is 5.95 Å². The fraction of sp³-hybridized carbons (Fsp3) is 0.357. The number of nitrogens with two attached hydrogens (primary N) is 1. The van der Waals surface area contributed by atoms with Crippen molar-refractivity contribution in [3.63, 3.8) is 0 Å². The van der Waals surface area contributed by atoms with Crippen LogP contribution in [0.1, 0.15) is 18.9 Å². The molecule has 0 amide bonds. The Morgan fingerprint density at radius 1 is 1.33 bits per heavy atom. The lowest BCUT2D eigenvalue weighted by Crippen LogP contribution is -2.18. The molecule has 2 rings (SSSR count). The molecule has 1 heterocycles. The Morgan fingerprint density at radius 2 is 2.14 bits per heavy atom. The SMILES string of the molecule is COSc1ccccc1CCC(C)Nc1ncnc(N)n1. The number of rotatable bonds is 7. The van der Waals surface area contributed by atoms with Gasteiger partial charge >= 0.3 is 0 Å². The molecule has 7 heteroatoms. The third-order valence-electron chi connectivity index (χ3n) is 2.96. The summed E-state index contributed by atoms with van der Waals surface area (Å²) in [4.78, 5) is 13.0. The van der Waals surface area contributed by atoms with Crippen LogP contribution in [-0.2, 0) is 10.6 Å². The van der Waals surface area contributed by atoms with E-state index in [1.807, 2.05) is 12.1 Å². The van der Waals surface area contributed by atoms with Gasteiger partial charge in [-0.05, 0) is 31.4 Å². The van der Waals surface area contributed by atoms with E-state index in [2.05, 4.69) is 39.3 Å². The van der Waals surface area contributed by atoms with E-state index in [1.54, 1.807) is 7.11 Å². The zero-order valence-corrected chi connectivity index (χ0v) is 12.9. The minimum atomic E-state index is 0.224. The Morgan fingerprint density at radius 3 is 2.90 bits per heavy atom. The van der Waals surface area contributed by atoms with Crippen molar-refractivity contribution in [3.05, 3.63) is 36.2 Å². The van der Waals surface area contributed by atoms with Crippen molar-refractivity contribution in [3.8, 4) is 0 Å². The minimum absolute atomic E-state index is 0.224. The monoisotopic (exact) mass is 305 g/mol. The van der Waals surface area contributed by atoms with Gasteiger partial charge in [0.1, 0.15) is 6.33 Å². The number of nitrogen functional groups attached to an aromatic ring is 1. The highest BCUT2D eigenvalue weighted by Gasteiger charge is 2.08. The number of hydrogen-bond acceptors (Lipinski definition) is 7. The fourth-order valence-electron chi connectivity index (χ4n) is 1.92. The molecule has 0 fully saturated rings. The molecule has 2 aromatic rings. The molecule has 1 unspecified atom stereocenters. The summed E-state index contributed by atoms with van der Waals surface area (Å²) in [6.45, 7) is 2.09. The number of hydrogen-bond donors (Lipinski definition) is 2. The van der Waals surface area contributed by atoms with E-state index in [-0.39, 0.29) is 12.0 Å². The minimum Gasteiger partial charge on any atom is -0.368 e. The zero-order valence-electron chi connectivity index (χ0n) is 12.1. The van der Waals surface area contributed by atoms with Crippen molar-refractivity contribution in [2.24, 2.45) is 0 Å². The molecule has 0 saturated carbocycles. The molecule has 0 aliphatic heterocycles. The highest BCUT2D eigenvalue weighted by Crippen LogP contribution is 2.24. The first-order valence-corrected chi connectivity index (χ1v) is 7.43. The first-order valence-electron chi connectivity index (χ1n) is 6.68. The molecule has 0 spiro atoms. The summed E-state index contributed by atoms with van der Waals surface area (Å²) in [5.74, 6) is 0.732. The largest absolute Gasteiger partial charge is 0.368 e. The van der Waals surface area contributed by atoms with E-state index < -0.39 is 0 Å². The Balaban J connectivity index is 1.90. The lowest BCUT2D eigenvalue weighted by atomic mass is 10.1. The van der Waals surface area contributed by atoms with Crippen molar-refractivity contribution in [1.82, 2.24) is 15.0 Å². The summed E-state index contributed by atoms with van der Waals surface area (Å²) in [5.41, 5.74) is 6.81. The van der Waals surface area contributed by atoms with E-state index in [0.717, 1.165) is 17.7 Å². The van der Waals surface area contributed by atoms with Crippen molar-refractivity contribution in [1.29, 1.82) is 0 Å². The van der Waals surface area contributed by atoms with Gasteiger partial charge in [-0.1, -0.05) is 18.2 Å². The van der Waals surface area contributed by atoms with Crippen LogP contribution in [-0.4, -0.2) is 28.1 Å². The third kappa shape index (κ3) is 4.87. The van der Waals surface area contributed by atoms with Crippen LogP contribution in [0.2, 0.25) is 0 Å². The number of benzene rings is 1. The Labute approximate surface area is 128 Å². The summed E-state index contributed by atoms with van der Waals surface area (Å²) in [6, 6.07) is 8.47. The zero-order chi connectivity index (χ0) is 15.1. The summed E-state index contributed by atoms with van der Waals surface area (Å²) < 4.78 is 5.14. The highest BCUT2D eigenvalue weighted by atomic mass is 32.2. The van der Waals surface area contributed by atoms with Crippen LogP contribution in [0.25, 0.3) is 0 Å². The number of aryl methyl sites for hydroxylation is 1. The molecule has 0 bridgehead atoms. The van der Waals surface area contributed by atoms with Crippen LogP contribution < -0.4 is 11.1 Å². The van der Waals surface area contributed by atoms with Gasteiger partial charge in [-0.25, -0.2) is 9.97 Å². The lowest BCUT2D eigenvalue weighted by Gasteiger charge is -2.14. The summed E-state index contributed by atoms with van der Waals surface area (Å²) in [5, 5.41) is 3.22. The molecule has 1 aromatic heterocycles. The molecule has 0 radical (unpaired) electrons. The lowest BCUT2D eigenvalue weighted by molar-refractivity contribution is 0.489. The second kappa shape index (κ2) is 7.80. The predicted molar refractivity (Wildman–Crippen MR) is 85.0 cm³/mol. The molecule has 3 N–H and O–H groups in total. The predicted octanol–water partition coefficient (Wildman–Crippen LogP) is 2.54. The summed E-state index contributed by atoms with van der Waals surface area (Å²) in [6.07, 6.45) is 3.30. The van der Waals surface area contributed by atoms with Gasteiger partial charge in [0, 0.05) is 23.0 Å². The second-order valence-corrected chi connectivity index (χ2v) is 5.55. The molecule has 0 saturated heterocycles. The maximum absolute atomic E-state index is 5.53. The smallest absolute Gasteiger partial charge is 0.227 e. The Hall–Kier alpha value is -1.86. The van der Waals surface area contributed by atoms with Gasteiger partial charge in [-0.15, -0.1) is 0 Å². The average molecular weight is 305 g/mol. The molecule has 1 aromatic carbocycles. The van der Waals surface area contributed by atoms with Crippen LogP contribution in [0.15, 0.2) is 35.5 Å². The molecular formula is C14H19N5OS. The molecule has 1 atom stereocenters. The molecule has 0 aliphatic carbocycles. The van der Waals surface area contributed by atoms with E-state index in [4.69, 9.17) is 9.92 Å². The number of nitrogens with zero attached hydrogens (tertiary/aromatic N) is 3. The van der Waals surface area contributed by atoms with E-state index >= 15 is 0 Å². The van der Waals surface area contributed by atoms with E-state index in [1.165, 1.54) is 23.9 Å². The van der Waals surface area contributed by atoms with Gasteiger partial charge in [-0.3, -0.25) is 0 Å². The maximum Gasteiger partial charge on any atom is 0.227 e. The molecular weight excluding hydrogens is 286 g/mol. The second-order valence-electron chi connectivity index (χ2n) is 4.61. The van der Waals surface area contributed by atoms with Gasteiger partial charge < -0.3 is 15.2 Å². The van der Waals surface area contributed by atoms with Gasteiger partial charge in [0.05, 0.1) is 7.11 Å². The van der Waals surface area contributed by atoms with Crippen LogP contribution in [0, 0.1) is 0 Å². The maximum atomic E-state index is 5.53. The third-order valence-corrected chi connectivity index (χ3v) is 3.70. The van der Waals surface area contributed by atoms with E-state index in [9.17, 15) is 0 Å². The summed E-state index contributed by atoms with van der Waals surface area (Å²) in [7, 11) is 1.68. The van der Waals surface area contributed by atoms with Crippen LogP contribution >= 0.6 is 12.0 Å². The number of nitrogens with one attached hydrogen (secondary N) is 1. The fourth-order valence-corrected chi connectivity index (χ4v) is 2.52. The van der Waals surface area contributed by atoms with Gasteiger partial charge in [0.15, 0.2) is 0 Å². The normalized spacial score (nSPS) is 12.1.